The predicted octanol–water partition coefficient (Wildman–Crippen LogP) is 4.23. The number of furan rings is 2. The van der Waals surface area contributed by atoms with Crippen molar-refractivity contribution < 1.29 is 13.6 Å². The molecule has 25 heavy (non-hydrogen) atoms. The minimum absolute atomic E-state index is 0.0112. The highest BCUT2D eigenvalue weighted by Crippen LogP contribution is 2.32. The minimum atomic E-state index is -0.0176. The number of amides is 1. The highest BCUT2D eigenvalue weighted by atomic mass is 16.4. The second-order valence-corrected chi connectivity index (χ2v) is 7.13. The van der Waals surface area contributed by atoms with Crippen LogP contribution in [-0.2, 0) is 6.54 Å². The standard InChI is InChI=1S/C20H26N2O3/c23-20(19-10-9-16(25-19)15-21-11-4-5-12-21)22-13-3-1-2-7-17(22)18-8-6-14-24-18/h6,8-10,14,17H,1-5,7,11-13,15H2/t17-/m0/s1. The van der Waals surface area contributed by atoms with E-state index in [-0.39, 0.29) is 11.9 Å². The third kappa shape index (κ3) is 3.66. The second kappa shape index (κ2) is 7.48. The van der Waals surface area contributed by atoms with Crippen LogP contribution in [0, 0.1) is 0 Å². The van der Waals surface area contributed by atoms with Crippen molar-refractivity contribution in [2.45, 2.75) is 51.1 Å². The van der Waals surface area contributed by atoms with Gasteiger partial charge in [0.25, 0.3) is 5.91 Å². The summed E-state index contributed by atoms with van der Waals surface area (Å²) < 4.78 is 11.5. The van der Waals surface area contributed by atoms with E-state index in [9.17, 15) is 4.79 Å². The molecule has 1 amide bonds. The van der Waals surface area contributed by atoms with Crippen molar-refractivity contribution in [3.63, 3.8) is 0 Å². The van der Waals surface area contributed by atoms with Gasteiger partial charge in [0.1, 0.15) is 11.5 Å². The zero-order valence-corrected chi connectivity index (χ0v) is 14.7. The summed E-state index contributed by atoms with van der Waals surface area (Å²) in [5.41, 5.74) is 0. The Labute approximate surface area is 148 Å². The highest BCUT2D eigenvalue weighted by molar-refractivity contribution is 5.91. The van der Waals surface area contributed by atoms with E-state index in [1.54, 1.807) is 6.26 Å². The van der Waals surface area contributed by atoms with Crippen molar-refractivity contribution in [3.05, 3.63) is 47.8 Å². The second-order valence-electron chi connectivity index (χ2n) is 7.13. The van der Waals surface area contributed by atoms with Gasteiger partial charge in [0.05, 0.1) is 18.8 Å². The molecule has 0 aromatic carbocycles. The number of rotatable bonds is 4. The summed E-state index contributed by atoms with van der Waals surface area (Å²) in [6.45, 7) is 3.80. The van der Waals surface area contributed by atoms with E-state index < -0.39 is 0 Å². The molecule has 0 saturated carbocycles. The van der Waals surface area contributed by atoms with E-state index in [1.807, 2.05) is 29.2 Å². The highest BCUT2D eigenvalue weighted by Gasteiger charge is 2.31. The molecule has 0 spiro atoms. The van der Waals surface area contributed by atoms with Crippen LogP contribution in [0.4, 0.5) is 0 Å². The Morgan fingerprint density at radius 3 is 2.68 bits per heavy atom. The monoisotopic (exact) mass is 342 g/mol. The van der Waals surface area contributed by atoms with Crippen molar-refractivity contribution in [2.24, 2.45) is 0 Å². The lowest BCUT2D eigenvalue weighted by atomic mass is 10.1. The lowest BCUT2D eigenvalue weighted by Crippen LogP contribution is -2.34. The molecule has 0 radical (unpaired) electrons. The smallest absolute Gasteiger partial charge is 0.290 e. The Hall–Kier alpha value is -2.01. The van der Waals surface area contributed by atoms with Gasteiger partial charge in [0.15, 0.2) is 5.76 Å². The van der Waals surface area contributed by atoms with Gasteiger partial charge in [-0.3, -0.25) is 9.69 Å². The summed E-state index contributed by atoms with van der Waals surface area (Å²) in [7, 11) is 0. The Balaban J connectivity index is 1.50. The normalized spacial score (nSPS) is 22.2. The van der Waals surface area contributed by atoms with Gasteiger partial charge in [-0.15, -0.1) is 0 Å². The molecule has 5 heteroatoms. The van der Waals surface area contributed by atoms with Crippen LogP contribution in [0.25, 0.3) is 0 Å². The molecular weight excluding hydrogens is 316 g/mol. The number of nitrogens with zero attached hydrogens (tertiary/aromatic N) is 2. The lowest BCUT2D eigenvalue weighted by molar-refractivity contribution is 0.0622. The van der Waals surface area contributed by atoms with E-state index >= 15 is 0 Å². The van der Waals surface area contributed by atoms with E-state index in [0.29, 0.717) is 5.76 Å². The topological polar surface area (TPSA) is 49.8 Å². The van der Waals surface area contributed by atoms with Crippen LogP contribution in [0.15, 0.2) is 39.4 Å². The van der Waals surface area contributed by atoms with E-state index in [2.05, 4.69) is 4.90 Å². The first-order valence-corrected chi connectivity index (χ1v) is 9.47. The molecule has 5 nitrogen and oxygen atoms in total. The van der Waals surface area contributed by atoms with Gasteiger partial charge in [-0.05, 0) is 63.0 Å². The number of hydrogen-bond acceptors (Lipinski definition) is 4. The van der Waals surface area contributed by atoms with Crippen LogP contribution in [0.2, 0.25) is 0 Å². The van der Waals surface area contributed by atoms with Gasteiger partial charge in [-0.25, -0.2) is 0 Å². The molecule has 4 heterocycles. The lowest BCUT2D eigenvalue weighted by Gasteiger charge is -2.27. The molecule has 1 atom stereocenters. The van der Waals surface area contributed by atoms with Gasteiger partial charge in [0, 0.05) is 6.54 Å². The maximum atomic E-state index is 13.1. The molecule has 2 aromatic heterocycles. The van der Waals surface area contributed by atoms with Crippen molar-refractivity contribution >= 4 is 5.91 Å². The quantitative estimate of drug-likeness (QED) is 0.834. The average Bonchev–Trinajstić information content (AvgIpc) is 3.36. The minimum Gasteiger partial charge on any atom is -0.467 e. The SMILES string of the molecule is O=C(c1ccc(CN2CCCC2)o1)N1CCCCC[C@H]1c1ccco1. The number of carbonyl (C=O) groups excluding carboxylic acids is 1. The van der Waals surface area contributed by atoms with Crippen LogP contribution in [0.3, 0.4) is 0 Å². The maximum absolute atomic E-state index is 13.1. The first-order chi connectivity index (χ1) is 12.3. The predicted molar refractivity (Wildman–Crippen MR) is 94.2 cm³/mol. The fourth-order valence-electron chi connectivity index (χ4n) is 4.01. The molecule has 2 aliphatic heterocycles. The summed E-state index contributed by atoms with van der Waals surface area (Å²) >= 11 is 0. The molecule has 2 aromatic rings. The van der Waals surface area contributed by atoms with Crippen molar-refractivity contribution in [1.82, 2.24) is 9.80 Å². The molecular formula is C20H26N2O3. The van der Waals surface area contributed by atoms with E-state index in [1.165, 1.54) is 12.8 Å². The average molecular weight is 342 g/mol. The first kappa shape index (κ1) is 16.5. The number of hydrogen-bond donors (Lipinski definition) is 0. The van der Waals surface area contributed by atoms with E-state index in [0.717, 1.165) is 63.4 Å². The Bertz CT molecular complexity index is 686. The van der Waals surface area contributed by atoms with Crippen molar-refractivity contribution in [1.29, 1.82) is 0 Å². The van der Waals surface area contributed by atoms with Gasteiger partial charge in [-0.2, -0.15) is 0 Å². The maximum Gasteiger partial charge on any atom is 0.290 e. The third-order valence-corrected chi connectivity index (χ3v) is 5.34. The molecule has 0 N–H and O–H groups in total. The van der Waals surface area contributed by atoms with Crippen LogP contribution in [-0.4, -0.2) is 35.3 Å². The zero-order valence-electron chi connectivity index (χ0n) is 14.7. The Morgan fingerprint density at radius 1 is 1.04 bits per heavy atom. The van der Waals surface area contributed by atoms with Crippen LogP contribution in [0.1, 0.15) is 66.6 Å². The summed E-state index contributed by atoms with van der Waals surface area (Å²) in [5.74, 6) is 2.19. The molecule has 0 unspecified atom stereocenters. The summed E-state index contributed by atoms with van der Waals surface area (Å²) in [5, 5.41) is 0. The van der Waals surface area contributed by atoms with Gasteiger partial charge in [-0.1, -0.05) is 12.8 Å². The number of carbonyl (C=O) groups is 1. The summed E-state index contributed by atoms with van der Waals surface area (Å²) in [4.78, 5) is 17.4. The number of likely N-dealkylation sites (tertiary alicyclic amines) is 2. The molecule has 134 valence electrons. The Kier molecular flexibility index (Phi) is 4.92. The molecule has 2 aliphatic rings. The van der Waals surface area contributed by atoms with Crippen LogP contribution < -0.4 is 0 Å². The van der Waals surface area contributed by atoms with Gasteiger partial charge in [0.2, 0.25) is 0 Å². The largest absolute Gasteiger partial charge is 0.467 e. The zero-order chi connectivity index (χ0) is 17.1. The van der Waals surface area contributed by atoms with Crippen LogP contribution in [0.5, 0.6) is 0 Å². The summed E-state index contributed by atoms with van der Waals surface area (Å²) in [6.07, 6.45) is 8.44. The van der Waals surface area contributed by atoms with Gasteiger partial charge >= 0.3 is 0 Å². The fraction of sp³-hybridized carbons (Fsp3) is 0.550. The van der Waals surface area contributed by atoms with Crippen molar-refractivity contribution in [2.75, 3.05) is 19.6 Å². The van der Waals surface area contributed by atoms with Crippen LogP contribution >= 0.6 is 0 Å². The third-order valence-electron chi connectivity index (χ3n) is 5.34. The molecule has 4 rings (SSSR count). The van der Waals surface area contributed by atoms with Crippen molar-refractivity contribution in [3.8, 4) is 0 Å². The fourth-order valence-corrected chi connectivity index (χ4v) is 4.01. The van der Waals surface area contributed by atoms with Gasteiger partial charge < -0.3 is 13.7 Å². The molecule has 0 aliphatic carbocycles. The Morgan fingerprint density at radius 2 is 1.88 bits per heavy atom. The molecule has 0 bridgehead atoms. The first-order valence-electron chi connectivity index (χ1n) is 9.47. The molecule has 2 fully saturated rings. The van der Waals surface area contributed by atoms with E-state index in [4.69, 9.17) is 8.83 Å². The molecule has 2 saturated heterocycles. The summed E-state index contributed by atoms with van der Waals surface area (Å²) in [6, 6.07) is 7.65.